The van der Waals surface area contributed by atoms with Gasteiger partial charge in [-0.25, -0.2) is 13.8 Å². The summed E-state index contributed by atoms with van der Waals surface area (Å²) in [6, 6.07) is 4.53. The minimum Gasteiger partial charge on any atom is -0.431 e. The highest BCUT2D eigenvalue weighted by Crippen LogP contribution is 2.31. The summed E-state index contributed by atoms with van der Waals surface area (Å²) in [5.74, 6) is -1.41. The molecule has 12 heteroatoms. The van der Waals surface area contributed by atoms with Crippen LogP contribution in [0.4, 0.5) is 4.79 Å². The second-order valence-electron chi connectivity index (χ2n) is 9.74. The Morgan fingerprint density at radius 3 is 2.50 bits per heavy atom. The first-order valence-corrected chi connectivity index (χ1v) is 12.4. The van der Waals surface area contributed by atoms with E-state index < -0.39 is 46.7 Å². The standard InChI is InChI=1S/C22H31N3O8S/c1-14-7-5-6-8-16(14)20(27)31-18(11-12-22(2,3)4)32-34(29,30)33-25-15-9-10-17(19(23)26)24(13-15)21(25)28/h5-8,15,17-18H,9-13H2,1-4H3,(H2,23,26)/t15-,17+,18?/m1/s1. The van der Waals surface area contributed by atoms with Gasteiger partial charge in [-0.05, 0) is 43.2 Å². The number of nitrogens with zero attached hydrogens (tertiary/aromatic N) is 2. The molecule has 3 amide bonds. The average molecular weight is 498 g/mol. The number of primary amides is 1. The van der Waals surface area contributed by atoms with Crippen LogP contribution in [0.2, 0.25) is 0 Å². The lowest BCUT2D eigenvalue weighted by Crippen LogP contribution is -2.47. The molecule has 2 bridgehead atoms. The van der Waals surface area contributed by atoms with E-state index in [1.165, 1.54) is 4.90 Å². The zero-order valence-electron chi connectivity index (χ0n) is 19.7. The fraction of sp³-hybridized carbons (Fsp3) is 0.591. The number of piperidine rings is 1. The van der Waals surface area contributed by atoms with Gasteiger partial charge < -0.3 is 15.4 Å². The van der Waals surface area contributed by atoms with Gasteiger partial charge in [0.2, 0.25) is 12.2 Å². The van der Waals surface area contributed by atoms with E-state index in [-0.39, 0.29) is 23.9 Å². The summed E-state index contributed by atoms with van der Waals surface area (Å²) in [7, 11) is -4.79. The highest BCUT2D eigenvalue weighted by atomic mass is 32.3. The Kier molecular flexibility index (Phi) is 7.53. The normalized spacial score (nSPS) is 21.5. The average Bonchev–Trinajstić information content (AvgIpc) is 2.95. The minimum atomic E-state index is -4.79. The number of esters is 1. The highest BCUT2D eigenvalue weighted by Gasteiger charge is 2.49. The number of amides is 3. The number of carbonyl (C=O) groups excluding carboxylic acids is 3. The van der Waals surface area contributed by atoms with Crippen LogP contribution in [0.15, 0.2) is 24.3 Å². The number of benzene rings is 1. The Hall–Kier alpha value is -2.70. The number of hydroxylamine groups is 2. The zero-order chi connectivity index (χ0) is 25.3. The fourth-order valence-electron chi connectivity index (χ4n) is 3.94. The Morgan fingerprint density at radius 1 is 1.21 bits per heavy atom. The molecule has 11 nitrogen and oxygen atoms in total. The van der Waals surface area contributed by atoms with E-state index in [0.717, 1.165) is 0 Å². The zero-order valence-corrected chi connectivity index (χ0v) is 20.5. The molecule has 0 saturated carbocycles. The summed E-state index contributed by atoms with van der Waals surface area (Å²) in [6.07, 6.45) is -0.271. The monoisotopic (exact) mass is 497 g/mol. The lowest BCUT2D eigenvalue weighted by molar-refractivity contribution is -0.122. The molecule has 1 unspecified atom stereocenters. The molecule has 2 aliphatic rings. The van der Waals surface area contributed by atoms with Gasteiger partial charge in [0.15, 0.2) is 0 Å². The number of rotatable bonds is 9. The van der Waals surface area contributed by atoms with Gasteiger partial charge in [0, 0.05) is 13.0 Å². The maximum Gasteiger partial charge on any atom is 0.424 e. The lowest BCUT2D eigenvalue weighted by Gasteiger charge is -2.27. The Morgan fingerprint density at radius 2 is 1.88 bits per heavy atom. The first kappa shape index (κ1) is 25.9. The molecule has 0 aliphatic carbocycles. The van der Waals surface area contributed by atoms with Crippen LogP contribution >= 0.6 is 0 Å². The van der Waals surface area contributed by atoms with Crippen LogP contribution in [-0.4, -0.2) is 61.2 Å². The smallest absolute Gasteiger partial charge is 0.424 e. The number of hydrogen-bond acceptors (Lipinski definition) is 8. The van der Waals surface area contributed by atoms with E-state index in [1.807, 2.05) is 20.8 Å². The van der Waals surface area contributed by atoms with Crippen molar-refractivity contribution in [2.24, 2.45) is 11.1 Å². The number of aryl methyl sites for hydroxylation is 1. The third-order valence-electron chi connectivity index (χ3n) is 5.78. The third kappa shape index (κ3) is 6.24. The summed E-state index contributed by atoms with van der Waals surface area (Å²) in [6.45, 7) is 7.69. The van der Waals surface area contributed by atoms with Crippen LogP contribution < -0.4 is 5.73 Å². The number of ether oxygens (including phenoxy) is 1. The van der Waals surface area contributed by atoms with Gasteiger partial charge >= 0.3 is 22.4 Å². The van der Waals surface area contributed by atoms with Crippen molar-refractivity contribution in [2.75, 3.05) is 6.54 Å². The van der Waals surface area contributed by atoms with Crippen molar-refractivity contribution in [3.8, 4) is 0 Å². The molecule has 0 radical (unpaired) electrons. The summed E-state index contributed by atoms with van der Waals surface area (Å²) < 4.78 is 40.9. The van der Waals surface area contributed by atoms with Crippen LogP contribution in [0.25, 0.3) is 0 Å². The predicted molar refractivity (Wildman–Crippen MR) is 120 cm³/mol. The number of carbonyl (C=O) groups is 3. The third-order valence-corrected chi connectivity index (χ3v) is 6.58. The molecule has 2 N–H and O–H groups in total. The van der Waals surface area contributed by atoms with E-state index >= 15 is 0 Å². The van der Waals surface area contributed by atoms with Crippen LogP contribution in [0.1, 0.15) is 62.4 Å². The largest absolute Gasteiger partial charge is 0.431 e. The van der Waals surface area contributed by atoms with Gasteiger partial charge in [-0.15, -0.1) is 4.28 Å². The van der Waals surface area contributed by atoms with Crippen molar-refractivity contribution < 1.29 is 36.0 Å². The Bertz CT molecular complexity index is 1050. The summed E-state index contributed by atoms with van der Waals surface area (Å²) in [5.41, 5.74) is 6.09. The maximum atomic E-state index is 12.7. The lowest BCUT2D eigenvalue weighted by atomic mass is 9.90. The summed E-state index contributed by atoms with van der Waals surface area (Å²) >= 11 is 0. The molecule has 1 aromatic rings. The fourth-order valence-corrected chi connectivity index (χ4v) is 4.75. The highest BCUT2D eigenvalue weighted by molar-refractivity contribution is 7.81. The number of fused-ring (bicyclic) bond motifs is 2. The molecule has 0 aromatic heterocycles. The molecule has 2 aliphatic heterocycles. The van der Waals surface area contributed by atoms with Crippen molar-refractivity contribution in [3.05, 3.63) is 35.4 Å². The van der Waals surface area contributed by atoms with Crippen molar-refractivity contribution in [2.45, 2.75) is 71.8 Å². The van der Waals surface area contributed by atoms with Crippen molar-refractivity contribution >= 4 is 28.3 Å². The summed E-state index contributed by atoms with van der Waals surface area (Å²) in [5, 5.41) is 0.683. The number of nitrogens with two attached hydrogens (primary N) is 1. The first-order chi connectivity index (χ1) is 15.8. The molecular formula is C22H31N3O8S. The topological polar surface area (TPSA) is 146 Å². The van der Waals surface area contributed by atoms with Crippen LogP contribution in [0.5, 0.6) is 0 Å². The molecule has 188 valence electrons. The molecule has 3 rings (SSSR count). The van der Waals surface area contributed by atoms with Crippen LogP contribution in [-0.2, 0) is 28.4 Å². The van der Waals surface area contributed by atoms with E-state index in [2.05, 4.69) is 0 Å². The molecule has 34 heavy (non-hydrogen) atoms. The van der Waals surface area contributed by atoms with E-state index in [9.17, 15) is 22.8 Å². The summed E-state index contributed by atoms with van der Waals surface area (Å²) in [4.78, 5) is 38.1. The van der Waals surface area contributed by atoms with Crippen molar-refractivity contribution in [1.82, 2.24) is 9.96 Å². The SMILES string of the molecule is Cc1ccccc1C(=O)OC(CCC(C)(C)C)OS(=O)(=O)ON1C(=O)N2C[C@H]1CC[C@H]2C(N)=O. The molecule has 3 atom stereocenters. The van der Waals surface area contributed by atoms with Gasteiger partial charge in [-0.1, -0.05) is 39.0 Å². The molecule has 1 aromatic carbocycles. The van der Waals surface area contributed by atoms with Crippen LogP contribution in [0, 0.1) is 12.3 Å². The van der Waals surface area contributed by atoms with Gasteiger partial charge in [-0.3, -0.25) is 4.79 Å². The Balaban J connectivity index is 1.73. The first-order valence-electron chi connectivity index (χ1n) is 11.1. The van der Waals surface area contributed by atoms with Gasteiger partial charge in [-0.2, -0.15) is 13.5 Å². The van der Waals surface area contributed by atoms with E-state index in [1.54, 1.807) is 31.2 Å². The second-order valence-corrected chi connectivity index (χ2v) is 10.9. The van der Waals surface area contributed by atoms with Crippen LogP contribution in [0.3, 0.4) is 0 Å². The van der Waals surface area contributed by atoms with E-state index in [0.29, 0.717) is 29.9 Å². The van der Waals surface area contributed by atoms with Crippen molar-refractivity contribution in [1.29, 1.82) is 0 Å². The van der Waals surface area contributed by atoms with E-state index in [4.69, 9.17) is 18.9 Å². The van der Waals surface area contributed by atoms with Gasteiger partial charge in [0.25, 0.3) is 0 Å². The maximum absolute atomic E-state index is 12.7. The quantitative estimate of drug-likeness (QED) is 0.404. The van der Waals surface area contributed by atoms with Gasteiger partial charge in [0.05, 0.1) is 11.6 Å². The molecule has 2 heterocycles. The van der Waals surface area contributed by atoms with Crippen molar-refractivity contribution in [3.63, 3.8) is 0 Å². The molecular weight excluding hydrogens is 466 g/mol. The minimum absolute atomic E-state index is 0.0803. The number of hydrogen-bond donors (Lipinski definition) is 1. The predicted octanol–water partition coefficient (Wildman–Crippen LogP) is 2.25. The molecule has 0 spiro atoms. The molecule has 2 fully saturated rings. The van der Waals surface area contributed by atoms with Gasteiger partial charge in [0.1, 0.15) is 6.04 Å². The Labute approximate surface area is 199 Å². The number of urea groups is 1. The second kappa shape index (κ2) is 9.88. The molecule has 2 saturated heterocycles.